The minimum atomic E-state index is -0.810. The number of piperidine rings is 1. The maximum atomic E-state index is 11.8. The van der Waals surface area contributed by atoms with E-state index in [2.05, 4.69) is 20.6 Å². The first kappa shape index (κ1) is 15.0. The minimum Gasteiger partial charge on any atom is -0.508 e. The minimum absolute atomic E-state index is 0.0506. The third-order valence-electron chi connectivity index (χ3n) is 6.87. The predicted octanol–water partition coefficient (Wildman–Crippen LogP) is 2.12. The van der Waals surface area contributed by atoms with Gasteiger partial charge >= 0.3 is 0 Å². The molecule has 4 heteroatoms. The second-order valence-corrected chi connectivity index (χ2v) is 7.73. The van der Waals surface area contributed by atoms with Gasteiger partial charge in [0.15, 0.2) is 0 Å². The Bertz CT molecular complexity index is 687. The smallest absolute Gasteiger partial charge is 0.129 e. The number of rotatable bonds is 3. The van der Waals surface area contributed by atoms with E-state index in [1.54, 1.807) is 6.07 Å². The van der Waals surface area contributed by atoms with Crippen LogP contribution in [0, 0.1) is 0 Å². The van der Waals surface area contributed by atoms with Gasteiger partial charge in [0.25, 0.3) is 0 Å². The molecule has 2 unspecified atom stereocenters. The topological polar surface area (TPSA) is 49.7 Å². The molecule has 0 aromatic heterocycles. The first-order chi connectivity index (χ1) is 10.9. The maximum Gasteiger partial charge on any atom is 0.129 e. The number of aromatic hydroxyl groups is 1. The van der Waals surface area contributed by atoms with Gasteiger partial charge in [0.05, 0.1) is 25.6 Å². The Hall–Kier alpha value is -1.52. The molecule has 2 aliphatic heterocycles. The van der Waals surface area contributed by atoms with Crippen molar-refractivity contribution in [1.29, 1.82) is 0 Å². The van der Waals surface area contributed by atoms with Crippen molar-refractivity contribution in [3.8, 4) is 11.5 Å². The van der Waals surface area contributed by atoms with Gasteiger partial charge < -0.3 is 19.4 Å². The molecule has 124 valence electrons. The van der Waals surface area contributed by atoms with Crippen molar-refractivity contribution in [2.75, 3.05) is 26.7 Å². The molecule has 1 aromatic rings. The number of ether oxygens (including phenoxy) is 1. The number of hydrogen-bond acceptors (Lipinski definition) is 3. The summed E-state index contributed by atoms with van der Waals surface area (Å²) in [6, 6.07) is 3.64. The van der Waals surface area contributed by atoms with Crippen LogP contribution in [0.25, 0.3) is 0 Å². The van der Waals surface area contributed by atoms with Crippen LogP contribution in [0.5, 0.6) is 11.5 Å². The Morgan fingerprint density at radius 2 is 2.26 bits per heavy atom. The Morgan fingerprint density at radius 1 is 1.48 bits per heavy atom. The van der Waals surface area contributed by atoms with Crippen molar-refractivity contribution in [1.82, 2.24) is 0 Å². The zero-order valence-corrected chi connectivity index (χ0v) is 14.0. The zero-order chi connectivity index (χ0) is 16.5. The Morgan fingerprint density at radius 3 is 2.96 bits per heavy atom. The molecule has 2 bridgehead atoms. The fourth-order valence-electron chi connectivity index (χ4n) is 5.60. The van der Waals surface area contributed by atoms with Gasteiger partial charge in [0, 0.05) is 24.0 Å². The fraction of sp³-hybridized carbons (Fsp3) is 0.579. The SMILES string of the molecule is C=CC[N@@+]1(C)CC[C@@]23COc4ccc(O)c(c42)CC1C3(O)CC. The number of aliphatic hydroxyl groups is 1. The highest BCUT2D eigenvalue weighted by Crippen LogP contribution is 2.60. The number of quaternary nitrogens is 1. The van der Waals surface area contributed by atoms with Gasteiger partial charge in [-0.1, -0.05) is 13.5 Å². The molecule has 1 aliphatic carbocycles. The van der Waals surface area contributed by atoms with Crippen molar-refractivity contribution >= 4 is 0 Å². The summed E-state index contributed by atoms with van der Waals surface area (Å²) >= 11 is 0. The Labute approximate surface area is 137 Å². The van der Waals surface area contributed by atoms with Crippen LogP contribution in [0.15, 0.2) is 24.8 Å². The summed E-state index contributed by atoms with van der Waals surface area (Å²) in [7, 11) is 2.21. The van der Waals surface area contributed by atoms with E-state index in [0.717, 1.165) is 40.9 Å². The molecule has 1 saturated heterocycles. The standard InChI is InChI=1S/C19H25NO3/c1-4-9-20(3)10-8-18-12-23-15-7-6-14(21)13(17(15)18)11-16(20)19(18,22)5-2/h4,6-7,16,22H,1,5,8-12H2,2-3H3/p+1/t16?,18-,19?,20+/m1/s1. The molecular weight excluding hydrogens is 290 g/mol. The summed E-state index contributed by atoms with van der Waals surface area (Å²) in [5.41, 5.74) is 0.862. The summed E-state index contributed by atoms with van der Waals surface area (Å²) in [4.78, 5) is 0. The second-order valence-electron chi connectivity index (χ2n) is 7.73. The summed E-state index contributed by atoms with van der Waals surface area (Å²) in [6.07, 6.45) is 4.21. The third-order valence-corrected chi connectivity index (χ3v) is 6.87. The average Bonchev–Trinajstić information content (AvgIpc) is 2.91. The van der Waals surface area contributed by atoms with Gasteiger partial charge in [0.1, 0.15) is 29.7 Å². The lowest BCUT2D eigenvalue weighted by molar-refractivity contribution is -0.943. The van der Waals surface area contributed by atoms with Gasteiger partial charge in [-0.2, -0.15) is 0 Å². The van der Waals surface area contributed by atoms with Crippen LogP contribution in [-0.2, 0) is 11.8 Å². The van der Waals surface area contributed by atoms with Crippen LogP contribution in [0.3, 0.4) is 0 Å². The monoisotopic (exact) mass is 316 g/mol. The molecule has 4 nitrogen and oxygen atoms in total. The molecule has 23 heavy (non-hydrogen) atoms. The van der Waals surface area contributed by atoms with Crippen molar-refractivity contribution in [3.05, 3.63) is 35.9 Å². The molecule has 1 aromatic carbocycles. The number of hydrogen-bond donors (Lipinski definition) is 2. The molecule has 0 saturated carbocycles. The van der Waals surface area contributed by atoms with Gasteiger partial charge in [-0.25, -0.2) is 0 Å². The van der Waals surface area contributed by atoms with Crippen LogP contribution in [0.2, 0.25) is 0 Å². The molecule has 4 atom stereocenters. The highest BCUT2D eigenvalue weighted by atomic mass is 16.5. The Kier molecular flexibility index (Phi) is 2.95. The van der Waals surface area contributed by atoms with E-state index < -0.39 is 5.60 Å². The number of fused-ring (bicyclic) bond motifs is 1. The average molecular weight is 316 g/mol. The summed E-state index contributed by atoms with van der Waals surface area (Å²) in [6.45, 7) is 8.34. The number of likely N-dealkylation sites (N-methyl/N-ethyl adjacent to an activating group) is 1. The van der Waals surface area contributed by atoms with E-state index in [9.17, 15) is 10.2 Å². The van der Waals surface area contributed by atoms with Gasteiger partial charge in [-0.05, 0) is 24.6 Å². The third kappa shape index (κ3) is 1.58. The largest absolute Gasteiger partial charge is 0.508 e. The summed E-state index contributed by atoms with van der Waals surface area (Å²) in [5.74, 6) is 1.19. The predicted molar refractivity (Wildman–Crippen MR) is 88.7 cm³/mol. The van der Waals surface area contributed by atoms with Gasteiger partial charge in [-0.15, -0.1) is 0 Å². The molecule has 0 radical (unpaired) electrons. The van der Waals surface area contributed by atoms with Crippen LogP contribution in [0.1, 0.15) is 30.9 Å². The van der Waals surface area contributed by atoms with E-state index in [0.29, 0.717) is 25.2 Å². The highest BCUT2D eigenvalue weighted by Gasteiger charge is 2.69. The highest BCUT2D eigenvalue weighted by molar-refractivity contribution is 5.59. The van der Waals surface area contributed by atoms with E-state index in [1.165, 1.54) is 0 Å². The Balaban J connectivity index is 1.98. The van der Waals surface area contributed by atoms with E-state index in [1.807, 2.05) is 12.1 Å². The van der Waals surface area contributed by atoms with E-state index in [4.69, 9.17) is 4.74 Å². The molecule has 3 aliphatic rings. The second kappa shape index (κ2) is 4.52. The lowest BCUT2D eigenvalue weighted by Crippen LogP contribution is -2.77. The lowest BCUT2D eigenvalue weighted by Gasteiger charge is -2.61. The lowest BCUT2D eigenvalue weighted by atomic mass is 9.54. The maximum absolute atomic E-state index is 11.8. The van der Waals surface area contributed by atoms with Gasteiger partial charge in [-0.3, -0.25) is 0 Å². The van der Waals surface area contributed by atoms with Crippen LogP contribution >= 0.6 is 0 Å². The molecule has 2 heterocycles. The molecule has 0 amide bonds. The quantitative estimate of drug-likeness (QED) is 0.663. The van der Waals surface area contributed by atoms with Crippen LogP contribution in [0.4, 0.5) is 0 Å². The van der Waals surface area contributed by atoms with Crippen LogP contribution in [-0.4, -0.2) is 53.1 Å². The number of nitrogens with zero attached hydrogens (tertiary/aromatic N) is 1. The van der Waals surface area contributed by atoms with Crippen molar-refractivity contribution in [2.45, 2.75) is 43.2 Å². The normalized spacial score (nSPS) is 40.4. The van der Waals surface area contributed by atoms with Crippen LogP contribution < -0.4 is 4.74 Å². The van der Waals surface area contributed by atoms with Crippen molar-refractivity contribution in [2.24, 2.45) is 0 Å². The number of likely N-dealkylation sites (tertiary alicyclic amines) is 1. The molecular formula is C19H26NO3+. The first-order valence-corrected chi connectivity index (χ1v) is 8.57. The molecule has 1 fully saturated rings. The van der Waals surface area contributed by atoms with E-state index in [-0.39, 0.29) is 11.5 Å². The first-order valence-electron chi connectivity index (χ1n) is 8.57. The van der Waals surface area contributed by atoms with Gasteiger partial charge in [0.2, 0.25) is 0 Å². The molecule has 2 N–H and O–H groups in total. The zero-order valence-electron chi connectivity index (χ0n) is 14.0. The van der Waals surface area contributed by atoms with E-state index >= 15 is 0 Å². The molecule has 4 rings (SSSR count). The summed E-state index contributed by atoms with van der Waals surface area (Å²) < 4.78 is 6.76. The van der Waals surface area contributed by atoms with Crippen molar-refractivity contribution in [3.63, 3.8) is 0 Å². The number of benzene rings is 1. The number of phenols is 1. The van der Waals surface area contributed by atoms with Crippen molar-refractivity contribution < 1.29 is 19.4 Å². The fourth-order valence-corrected chi connectivity index (χ4v) is 5.60. The molecule has 1 spiro atoms. The summed E-state index contributed by atoms with van der Waals surface area (Å²) in [5, 5.41) is 22.3. The number of phenolic OH excluding ortho intramolecular Hbond substituents is 1.